The van der Waals surface area contributed by atoms with Gasteiger partial charge in [0.2, 0.25) is 10.0 Å². The van der Waals surface area contributed by atoms with Gasteiger partial charge in [-0.25, -0.2) is 13.6 Å². The summed E-state index contributed by atoms with van der Waals surface area (Å²) in [6, 6.07) is 2.88. The first-order valence-electron chi connectivity index (χ1n) is 6.64. The minimum Gasteiger partial charge on any atom is -0.491 e. The number of ether oxygens (including phenoxy) is 2. The summed E-state index contributed by atoms with van der Waals surface area (Å²) in [5, 5.41) is 5.11. The lowest BCUT2D eigenvalue weighted by Gasteiger charge is -2.13. The molecule has 0 amide bonds. The maximum Gasteiger partial charge on any atom is 0.238 e. The topological polar surface area (TPSA) is 78.6 Å². The number of sulfonamides is 1. The van der Waals surface area contributed by atoms with Gasteiger partial charge in [-0.05, 0) is 69.7 Å². The van der Waals surface area contributed by atoms with E-state index < -0.39 is 10.0 Å². The average Bonchev–Trinajstić information content (AvgIpc) is 2.88. The first-order valence-corrected chi connectivity index (χ1v) is 9.77. The molecule has 1 saturated heterocycles. The molecule has 1 atom stereocenters. The third kappa shape index (κ3) is 4.92. The van der Waals surface area contributed by atoms with Crippen LogP contribution in [0.2, 0.25) is 0 Å². The third-order valence-electron chi connectivity index (χ3n) is 3.24. The van der Waals surface area contributed by atoms with E-state index in [0.717, 1.165) is 32.3 Å². The summed E-state index contributed by atoms with van der Waals surface area (Å²) in [7, 11) is -3.73. The highest BCUT2D eigenvalue weighted by Crippen LogP contribution is 2.36. The van der Waals surface area contributed by atoms with E-state index in [1.54, 1.807) is 0 Å². The molecule has 1 aliphatic heterocycles. The Morgan fingerprint density at radius 2 is 2.00 bits per heavy atom. The number of hydrogen-bond acceptors (Lipinski definition) is 4. The summed E-state index contributed by atoms with van der Waals surface area (Å²) in [4.78, 5) is 0.0351. The maximum absolute atomic E-state index is 11.3. The largest absolute Gasteiger partial charge is 0.491 e. The van der Waals surface area contributed by atoms with E-state index in [4.69, 9.17) is 14.6 Å². The second-order valence-electron chi connectivity index (χ2n) is 4.89. The molecule has 1 fully saturated rings. The van der Waals surface area contributed by atoms with Gasteiger partial charge in [0.15, 0.2) is 0 Å². The van der Waals surface area contributed by atoms with Crippen LogP contribution in [0.1, 0.15) is 25.7 Å². The molecule has 1 aliphatic rings. The highest BCUT2D eigenvalue weighted by molar-refractivity contribution is 9.11. The monoisotopic (exact) mass is 441 g/mol. The standard InChI is InChI=1S/C13H17Br2NO4S/c14-11-7-10(21(16,17)18)8-12(15)13(11)20-6-2-4-9-3-1-5-19-9/h7-9H,1-6H2,(H2,16,17,18). The van der Waals surface area contributed by atoms with Gasteiger partial charge in [-0.1, -0.05) is 0 Å². The van der Waals surface area contributed by atoms with E-state index in [2.05, 4.69) is 31.9 Å². The smallest absolute Gasteiger partial charge is 0.238 e. The molecule has 118 valence electrons. The van der Waals surface area contributed by atoms with E-state index in [1.165, 1.54) is 12.1 Å². The molecule has 0 spiro atoms. The van der Waals surface area contributed by atoms with Gasteiger partial charge in [0.05, 0.1) is 26.6 Å². The van der Waals surface area contributed by atoms with Crippen molar-refractivity contribution in [2.75, 3.05) is 13.2 Å². The van der Waals surface area contributed by atoms with Crippen molar-refractivity contribution in [1.29, 1.82) is 0 Å². The number of rotatable bonds is 6. The Labute approximate surface area is 141 Å². The van der Waals surface area contributed by atoms with Crippen molar-refractivity contribution in [3.63, 3.8) is 0 Å². The van der Waals surface area contributed by atoms with Crippen LogP contribution in [0.5, 0.6) is 5.75 Å². The first-order chi connectivity index (χ1) is 9.88. The van der Waals surface area contributed by atoms with Crippen molar-refractivity contribution in [2.45, 2.75) is 36.7 Å². The summed E-state index contributed by atoms with van der Waals surface area (Å²) in [5.74, 6) is 0.578. The Bertz CT molecular complexity index is 577. The van der Waals surface area contributed by atoms with Gasteiger partial charge in [-0.3, -0.25) is 0 Å². The summed E-state index contributed by atoms with van der Waals surface area (Å²) in [6.45, 7) is 1.41. The Morgan fingerprint density at radius 3 is 2.52 bits per heavy atom. The number of benzene rings is 1. The van der Waals surface area contributed by atoms with Crippen LogP contribution in [0.3, 0.4) is 0 Å². The maximum atomic E-state index is 11.3. The SMILES string of the molecule is NS(=O)(=O)c1cc(Br)c(OCCCC2CCCO2)c(Br)c1. The van der Waals surface area contributed by atoms with Crippen molar-refractivity contribution in [3.8, 4) is 5.75 Å². The lowest BCUT2D eigenvalue weighted by molar-refractivity contribution is 0.0980. The van der Waals surface area contributed by atoms with Crippen LogP contribution in [0, 0.1) is 0 Å². The number of halogens is 2. The number of hydrogen-bond donors (Lipinski definition) is 1. The van der Waals surface area contributed by atoms with Gasteiger partial charge < -0.3 is 9.47 Å². The highest BCUT2D eigenvalue weighted by atomic mass is 79.9. The van der Waals surface area contributed by atoms with Crippen LogP contribution in [0.4, 0.5) is 0 Å². The van der Waals surface area contributed by atoms with Crippen LogP contribution < -0.4 is 9.88 Å². The molecule has 8 heteroatoms. The van der Waals surface area contributed by atoms with E-state index >= 15 is 0 Å². The van der Waals surface area contributed by atoms with Gasteiger partial charge in [0.25, 0.3) is 0 Å². The zero-order valence-electron chi connectivity index (χ0n) is 11.3. The zero-order chi connectivity index (χ0) is 15.5. The molecule has 0 saturated carbocycles. The minimum atomic E-state index is -3.73. The van der Waals surface area contributed by atoms with Crippen molar-refractivity contribution in [2.24, 2.45) is 5.14 Å². The highest BCUT2D eigenvalue weighted by Gasteiger charge is 2.17. The van der Waals surface area contributed by atoms with Gasteiger partial charge in [0.1, 0.15) is 5.75 Å². The van der Waals surface area contributed by atoms with Crippen molar-refractivity contribution in [3.05, 3.63) is 21.1 Å². The second-order valence-corrected chi connectivity index (χ2v) is 8.16. The van der Waals surface area contributed by atoms with Crippen LogP contribution in [0.25, 0.3) is 0 Å². The zero-order valence-corrected chi connectivity index (χ0v) is 15.3. The van der Waals surface area contributed by atoms with Crippen molar-refractivity contribution < 1.29 is 17.9 Å². The first kappa shape index (κ1) is 17.2. The lowest BCUT2D eigenvalue weighted by Crippen LogP contribution is -2.12. The molecule has 0 radical (unpaired) electrons. The van der Waals surface area contributed by atoms with Crippen LogP contribution in [-0.4, -0.2) is 27.7 Å². The average molecular weight is 443 g/mol. The molecule has 1 unspecified atom stereocenters. The summed E-state index contributed by atoms with van der Waals surface area (Å²) < 4.78 is 35.0. The molecule has 21 heavy (non-hydrogen) atoms. The van der Waals surface area contributed by atoms with Crippen LogP contribution in [0.15, 0.2) is 26.0 Å². The molecule has 1 aromatic carbocycles. The van der Waals surface area contributed by atoms with Gasteiger partial charge in [0, 0.05) is 6.61 Å². The fourth-order valence-electron chi connectivity index (χ4n) is 2.20. The molecule has 0 aliphatic carbocycles. The van der Waals surface area contributed by atoms with E-state index in [-0.39, 0.29) is 4.90 Å². The molecule has 0 aromatic heterocycles. The molecule has 0 bridgehead atoms. The Balaban J connectivity index is 1.93. The number of primary sulfonamides is 1. The van der Waals surface area contributed by atoms with Crippen molar-refractivity contribution >= 4 is 41.9 Å². The second kappa shape index (κ2) is 7.41. The molecule has 2 rings (SSSR count). The van der Waals surface area contributed by atoms with Crippen molar-refractivity contribution in [1.82, 2.24) is 0 Å². The lowest BCUT2D eigenvalue weighted by atomic mass is 10.1. The quantitative estimate of drug-likeness (QED) is 0.686. The van der Waals surface area contributed by atoms with Gasteiger partial charge in [-0.15, -0.1) is 0 Å². The van der Waals surface area contributed by atoms with Gasteiger partial charge in [-0.2, -0.15) is 0 Å². The molecular weight excluding hydrogens is 426 g/mol. The Hall–Kier alpha value is -0.150. The third-order valence-corrected chi connectivity index (χ3v) is 5.31. The van der Waals surface area contributed by atoms with E-state index in [0.29, 0.717) is 27.4 Å². The Morgan fingerprint density at radius 1 is 1.33 bits per heavy atom. The normalized spacial score (nSPS) is 18.9. The van der Waals surface area contributed by atoms with Gasteiger partial charge >= 0.3 is 0 Å². The van der Waals surface area contributed by atoms with E-state index in [1.807, 2.05) is 0 Å². The fraction of sp³-hybridized carbons (Fsp3) is 0.538. The molecule has 1 heterocycles. The molecule has 1 aromatic rings. The van der Waals surface area contributed by atoms with E-state index in [9.17, 15) is 8.42 Å². The Kier molecular flexibility index (Phi) is 6.07. The predicted molar refractivity (Wildman–Crippen MR) is 86.9 cm³/mol. The summed E-state index contributed by atoms with van der Waals surface area (Å²) in [5.41, 5.74) is 0. The fourth-order valence-corrected chi connectivity index (χ4v) is 4.48. The molecule has 5 nitrogen and oxygen atoms in total. The summed E-state index contributed by atoms with van der Waals surface area (Å²) in [6.07, 6.45) is 4.48. The number of nitrogens with two attached hydrogens (primary N) is 1. The minimum absolute atomic E-state index is 0.0351. The predicted octanol–water partition coefficient (Wildman–Crippen LogP) is 3.20. The molecule has 2 N–H and O–H groups in total. The van der Waals surface area contributed by atoms with Crippen LogP contribution >= 0.6 is 31.9 Å². The van der Waals surface area contributed by atoms with Crippen LogP contribution in [-0.2, 0) is 14.8 Å². The summed E-state index contributed by atoms with van der Waals surface area (Å²) >= 11 is 6.62. The molecular formula is C13H17Br2NO4S.